The molecular formula is C26H38N6O. The van der Waals surface area contributed by atoms with E-state index in [0.717, 1.165) is 36.8 Å². The van der Waals surface area contributed by atoms with E-state index in [9.17, 15) is 4.79 Å². The van der Waals surface area contributed by atoms with E-state index in [1.165, 1.54) is 32.4 Å². The van der Waals surface area contributed by atoms with Gasteiger partial charge >= 0.3 is 0 Å². The smallest absolute Gasteiger partial charge is 0.272 e. The Hall–Kier alpha value is -2.51. The number of hydrogen-bond acceptors (Lipinski definition) is 6. The molecule has 0 bridgehead atoms. The number of rotatable bonds is 6. The Bertz CT molecular complexity index is 897. The number of aromatic nitrogens is 2. The molecule has 1 N–H and O–H groups in total. The molecule has 0 aliphatic carbocycles. The summed E-state index contributed by atoms with van der Waals surface area (Å²) >= 11 is 0. The molecule has 0 aromatic carbocycles. The fourth-order valence-electron chi connectivity index (χ4n) is 5.15. The highest BCUT2D eigenvalue weighted by Crippen LogP contribution is 2.30. The summed E-state index contributed by atoms with van der Waals surface area (Å²) in [6.07, 6.45) is 8.53. The number of nitrogens with one attached hydrogen (secondary N) is 1. The van der Waals surface area contributed by atoms with E-state index in [4.69, 9.17) is 4.98 Å². The van der Waals surface area contributed by atoms with Crippen molar-refractivity contribution < 1.29 is 4.79 Å². The average Bonchev–Trinajstić information content (AvgIpc) is 3.11. The van der Waals surface area contributed by atoms with Gasteiger partial charge in [-0.15, -0.1) is 0 Å². The molecule has 2 aliphatic heterocycles. The van der Waals surface area contributed by atoms with Gasteiger partial charge in [-0.1, -0.05) is 12.1 Å². The van der Waals surface area contributed by atoms with Gasteiger partial charge in [0.25, 0.3) is 5.91 Å². The van der Waals surface area contributed by atoms with Crippen LogP contribution in [-0.2, 0) is 6.54 Å². The Balaban J connectivity index is 1.35. The highest BCUT2D eigenvalue weighted by molar-refractivity contribution is 5.92. The molecule has 2 aromatic rings. The van der Waals surface area contributed by atoms with Crippen molar-refractivity contribution in [3.63, 3.8) is 0 Å². The van der Waals surface area contributed by atoms with Crippen LogP contribution in [0.3, 0.4) is 0 Å². The highest BCUT2D eigenvalue weighted by atomic mass is 16.2. The van der Waals surface area contributed by atoms with Crippen LogP contribution in [0, 0.1) is 11.8 Å². The van der Waals surface area contributed by atoms with Crippen LogP contribution in [0.15, 0.2) is 42.7 Å². The summed E-state index contributed by atoms with van der Waals surface area (Å²) in [4.78, 5) is 26.1. The number of piperidine rings is 1. The maximum Gasteiger partial charge on any atom is 0.272 e. The third-order valence-electron chi connectivity index (χ3n) is 7.19. The molecule has 4 heterocycles. The number of carbonyl (C=O) groups is 1. The van der Waals surface area contributed by atoms with Gasteiger partial charge in [0.1, 0.15) is 11.5 Å². The average molecular weight is 451 g/mol. The summed E-state index contributed by atoms with van der Waals surface area (Å²) in [6.45, 7) is 9.45. The second-order valence-corrected chi connectivity index (χ2v) is 9.79. The molecule has 1 amide bonds. The van der Waals surface area contributed by atoms with Crippen LogP contribution in [-0.4, -0.2) is 64.9 Å². The van der Waals surface area contributed by atoms with Gasteiger partial charge in [0, 0.05) is 45.1 Å². The predicted octanol–water partition coefficient (Wildman–Crippen LogP) is 3.59. The van der Waals surface area contributed by atoms with Crippen LogP contribution < -0.4 is 10.4 Å². The van der Waals surface area contributed by atoms with Crippen molar-refractivity contribution in [3.8, 4) is 0 Å². The lowest BCUT2D eigenvalue weighted by Crippen LogP contribution is -2.43. The number of hydrazine groups is 1. The first kappa shape index (κ1) is 23.6. The van der Waals surface area contributed by atoms with E-state index < -0.39 is 0 Å². The van der Waals surface area contributed by atoms with E-state index in [2.05, 4.69) is 34.2 Å². The molecule has 0 saturated carbocycles. The Labute approximate surface area is 198 Å². The molecule has 33 heavy (non-hydrogen) atoms. The van der Waals surface area contributed by atoms with E-state index in [1.807, 2.05) is 31.3 Å². The van der Waals surface area contributed by atoms with Crippen LogP contribution in [0.2, 0.25) is 0 Å². The number of pyridine rings is 2. The van der Waals surface area contributed by atoms with Gasteiger partial charge in [-0.25, -0.2) is 10.4 Å². The number of anilines is 1. The first-order valence-corrected chi connectivity index (χ1v) is 12.4. The van der Waals surface area contributed by atoms with Crippen molar-refractivity contribution in [2.75, 3.05) is 38.2 Å². The zero-order valence-corrected chi connectivity index (χ0v) is 20.3. The summed E-state index contributed by atoms with van der Waals surface area (Å²) < 4.78 is 0. The lowest BCUT2D eigenvalue weighted by molar-refractivity contribution is 0.0779. The quantitative estimate of drug-likeness (QED) is 0.726. The van der Waals surface area contributed by atoms with Crippen molar-refractivity contribution in [2.24, 2.45) is 11.8 Å². The third kappa shape index (κ3) is 6.09. The lowest BCUT2D eigenvalue weighted by atomic mass is 9.81. The van der Waals surface area contributed by atoms with Crippen LogP contribution in [0.5, 0.6) is 0 Å². The molecule has 0 radical (unpaired) electrons. The van der Waals surface area contributed by atoms with Crippen molar-refractivity contribution in [1.82, 2.24) is 25.2 Å². The minimum atomic E-state index is -0.0784. The van der Waals surface area contributed by atoms with Gasteiger partial charge < -0.3 is 9.80 Å². The summed E-state index contributed by atoms with van der Waals surface area (Å²) in [5.74, 6) is 2.26. The molecule has 2 aromatic heterocycles. The lowest BCUT2D eigenvalue weighted by Gasteiger charge is -2.37. The Morgan fingerprint density at radius 1 is 1.12 bits per heavy atom. The van der Waals surface area contributed by atoms with E-state index in [-0.39, 0.29) is 5.91 Å². The SMILES string of the molecule is CC(C)N1CCC(C2CCCN(c3cccc(C(=O)N(C)Cc4cccnc4)n3)NC2)CC1. The van der Waals surface area contributed by atoms with Crippen molar-refractivity contribution in [3.05, 3.63) is 54.0 Å². The van der Waals surface area contributed by atoms with Crippen molar-refractivity contribution >= 4 is 11.7 Å². The molecule has 1 unspecified atom stereocenters. The fourth-order valence-corrected chi connectivity index (χ4v) is 5.15. The van der Waals surface area contributed by atoms with Crippen LogP contribution in [0.4, 0.5) is 5.82 Å². The van der Waals surface area contributed by atoms with Crippen LogP contribution in [0.25, 0.3) is 0 Å². The molecule has 7 nitrogen and oxygen atoms in total. The maximum atomic E-state index is 13.0. The molecule has 1 atom stereocenters. The maximum absolute atomic E-state index is 13.0. The van der Waals surface area contributed by atoms with Gasteiger partial charge in [0.2, 0.25) is 0 Å². The molecular weight excluding hydrogens is 412 g/mol. The van der Waals surface area contributed by atoms with Gasteiger partial charge in [-0.2, -0.15) is 0 Å². The third-order valence-corrected chi connectivity index (χ3v) is 7.19. The molecule has 2 aliphatic rings. The summed E-state index contributed by atoms with van der Waals surface area (Å²) in [5, 5.41) is 2.14. The first-order chi connectivity index (χ1) is 16.0. The molecule has 0 spiro atoms. The monoisotopic (exact) mass is 450 g/mol. The van der Waals surface area contributed by atoms with Gasteiger partial charge in [-0.3, -0.25) is 14.8 Å². The summed E-state index contributed by atoms with van der Waals surface area (Å²) in [5.41, 5.74) is 5.12. The fraction of sp³-hybridized carbons (Fsp3) is 0.577. The van der Waals surface area contributed by atoms with E-state index in [1.54, 1.807) is 23.4 Å². The molecule has 7 heteroatoms. The number of amides is 1. The zero-order valence-electron chi connectivity index (χ0n) is 20.3. The highest BCUT2D eigenvalue weighted by Gasteiger charge is 2.29. The topological polar surface area (TPSA) is 64.6 Å². The van der Waals surface area contributed by atoms with Crippen molar-refractivity contribution in [2.45, 2.75) is 52.1 Å². The van der Waals surface area contributed by atoms with Crippen molar-refractivity contribution in [1.29, 1.82) is 0 Å². The Kier molecular flexibility index (Phi) is 7.93. The standard InChI is InChI=1S/C26H38N6O/c1-20(2)31-15-11-22(12-16-31)23-8-6-14-32(28-18-23)25-10-4-9-24(29-25)26(33)30(3)19-21-7-5-13-27-17-21/h4-5,7,9-10,13,17,20,22-23,28H,6,8,11-12,14-16,18-19H2,1-3H3. The van der Waals surface area contributed by atoms with Crippen LogP contribution >= 0.6 is 0 Å². The van der Waals surface area contributed by atoms with Crippen LogP contribution in [0.1, 0.15) is 55.6 Å². The Morgan fingerprint density at radius 2 is 1.94 bits per heavy atom. The number of likely N-dealkylation sites (tertiary alicyclic amines) is 1. The molecule has 4 rings (SSSR count). The number of nitrogens with zero attached hydrogens (tertiary/aromatic N) is 5. The largest absolute Gasteiger partial charge is 0.336 e. The normalized spacial score (nSPS) is 20.6. The minimum Gasteiger partial charge on any atom is -0.336 e. The summed E-state index contributed by atoms with van der Waals surface area (Å²) in [7, 11) is 1.81. The van der Waals surface area contributed by atoms with Gasteiger partial charge in [0.15, 0.2) is 0 Å². The minimum absolute atomic E-state index is 0.0784. The first-order valence-electron chi connectivity index (χ1n) is 12.4. The molecule has 178 valence electrons. The second-order valence-electron chi connectivity index (χ2n) is 9.79. The number of hydrogen-bond donors (Lipinski definition) is 1. The number of carbonyl (C=O) groups excluding carboxylic acids is 1. The summed E-state index contributed by atoms with van der Waals surface area (Å²) in [6, 6.07) is 10.2. The van der Waals surface area contributed by atoms with E-state index >= 15 is 0 Å². The Morgan fingerprint density at radius 3 is 2.67 bits per heavy atom. The van der Waals surface area contributed by atoms with Gasteiger partial charge in [0.05, 0.1) is 0 Å². The van der Waals surface area contributed by atoms with Gasteiger partial charge in [-0.05, 0) is 88.2 Å². The predicted molar refractivity (Wildman–Crippen MR) is 132 cm³/mol. The van der Waals surface area contributed by atoms with E-state index in [0.29, 0.717) is 24.2 Å². The second kappa shape index (κ2) is 11.1. The molecule has 2 fully saturated rings. The zero-order chi connectivity index (χ0) is 23.2. The molecule has 2 saturated heterocycles.